The molecule has 16 heavy (non-hydrogen) atoms. The number of nitrogens with one attached hydrogen (secondary N) is 2. The Labute approximate surface area is 91.8 Å². The molecule has 0 aliphatic carbocycles. The van der Waals surface area contributed by atoms with Crippen LogP contribution in [-0.4, -0.2) is 18.0 Å². The van der Waals surface area contributed by atoms with Gasteiger partial charge in [0.2, 0.25) is 5.91 Å². The van der Waals surface area contributed by atoms with E-state index in [0.29, 0.717) is 0 Å². The van der Waals surface area contributed by atoms with Crippen molar-refractivity contribution < 1.29 is 14.0 Å². The van der Waals surface area contributed by atoms with E-state index in [4.69, 9.17) is 5.73 Å². The molecule has 0 fully saturated rings. The van der Waals surface area contributed by atoms with Gasteiger partial charge in [-0.1, -0.05) is 12.1 Å². The highest BCUT2D eigenvalue weighted by Gasteiger charge is 2.15. The summed E-state index contributed by atoms with van der Waals surface area (Å²) in [5.74, 6) is -1.08. The number of benzene rings is 1. The van der Waals surface area contributed by atoms with E-state index in [1.165, 1.54) is 25.1 Å². The lowest BCUT2D eigenvalue weighted by atomic mass is 10.2. The van der Waals surface area contributed by atoms with Gasteiger partial charge in [-0.15, -0.1) is 0 Å². The van der Waals surface area contributed by atoms with Crippen LogP contribution in [0.4, 0.5) is 14.9 Å². The fourth-order valence-corrected chi connectivity index (χ4v) is 1.08. The van der Waals surface area contributed by atoms with Crippen LogP contribution in [0.2, 0.25) is 0 Å². The maximum atomic E-state index is 13.1. The number of anilines is 1. The Morgan fingerprint density at radius 1 is 1.38 bits per heavy atom. The van der Waals surface area contributed by atoms with Crippen LogP contribution in [-0.2, 0) is 4.79 Å². The number of hydrogen-bond donors (Lipinski definition) is 3. The van der Waals surface area contributed by atoms with Crippen LogP contribution < -0.4 is 16.4 Å². The summed E-state index contributed by atoms with van der Waals surface area (Å²) < 4.78 is 13.1. The molecule has 0 aliphatic rings. The second-order valence-corrected chi connectivity index (χ2v) is 3.20. The van der Waals surface area contributed by atoms with Gasteiger partial charge in [-0.2, -0.15) is 0 Å². The molecule has 4 N–H and O–H groups in total. The van der Waals surface area contributed by atoms with Gasteiger partial charge in [0, 0.05) is 0 Å². The van der Waals surface area contributed by atoms with Gasteiger partial charge < -0.3 is 16.4 Å². The normalized spacial score (nSPS) is 11.6. The Bertz CT molecular complexity index is 409. The number of hydrogen-bond acceptors (Lipinski definition) is 2. The fourth-order valence-electron chi connectivity index (χ4n) is 1.08. The van der Waals surface area contributed by atoms with Gasteiger partial charge in [-0.05, 0) is 19.1 Å². The Hall–Kier alpha value is -2.11. The molecule has 0 heterocycles. The number of urea groups is 1. The number of para-hydroxylation sites is 1. The van der Waals surface area contributed by atoms with E-state index in [9.17, 15) is 14.0 Å². The SMILES string of the molecule is C[C@@H](NC(N)=O)C(=O)Nc1ccccc1F. The number of primary amides is 1. The summed E-state index contributed by atoms with van der Waals surface area (Å²) in [6, 6.07) is 4.11. The zero-order valence-electron chi connectivity index (χ0n) is 8.66. The van der Waals surface area contributed by atoms with Gasteiger partial charge in [0.05, 0.1) is 5.69 Å². The van der Waals surface area contributed by atoms with Crippen molar-refractivity contribution in [1.29, 1.82) is 0 Å². The Balaban J connectivity index is 2.64. The van der Waals surface area contributed by atoms with Crippen LogP contribution >= 0.6 is 0 Å². The summed E-state index contributed by atoms with van der Waals surface area (Å²) in [7, 11) is 0. The molecule has 1 rings (SSSR count). The first-order chi connectivity index (χ1) is 7.50. The van der Waals surface area contributed by atoms with E-state index in [-0.39, 0.29) is 5.69 Å². The minimum absolute atomic E-state index is 0.0608. The van der Waals surface area contributed by atoms with Gasteiger partial charge in [0.25, 0.3) is 0 Å². The molecule has 1 atom stereocenters. The van der Waals surface area contributed by atoms with Crippen molar-refractivity contribution in [1.82, 2.24) is 5.32 Å². The fraction of sp³-hybridized carbons (Fsp3) is 0.200. The Morgan fingerprint density at radius 2 is 2.00 bits per heavy atom. The lowest BCUT2D eigenvalue weighted by Crippen LogP contribution is -2.44. The third-order valence-electron chi connectivity index (χ3n) is 1.88. The number of nitrogens with two attached hydrogens (primary N) is 1. The topological polar surface area (TPSA) is 84.2 Å². The van der Waals surface area contributed by atoms with Crippen LogP contribution in [0, 0.1) is 5.82 Å². The van der Waals surface area contributed by atoms with Crippen molar-refractivity contribution >= 4 is 17.6 Å². The molecule has 0 radical (unpaired) electrons. The predicted octanol–water partition coefficient (Wildman–Crippen LogP) is 0.821. The van der Waals surface area contributed by atoms with E-state index in [0.717, 1.165) is 0 Å². The first-order valence-corrected chi connectivity index (χ1v) is 4.62. The third kappa shape index (κ3) is 3.23. The standard InChI is InChI=1S/C10H12FN3O2/c1-6(13-10(12)16)9(15)14-8-5-3-2-4-7(8)11/h2-6H,1H3,(H,14,15)(H3,12,13,16)/t6-/m1/s1. The summed E-state index contributed by atoms with van der Waals surface area (Å²) in [5, 5.41) is 4.52. The number of halogens is 1. The first-order valence-electron chi connectivity index (χ1n) is 4.62. The molecule has 1 aromatic rings. The molecule has 0 unspecified atom stereocenters. The van der Waals surface area contributed by atoms with Crippen molar-refractivity contribution in [3.05, 3.63) is 30.1 Å². The molecule has 0 saturated heterocycles. The van der Waals surface area contributed by atoms with E-state index in [1.807, 2.05) is 0 Å². The van der Waals surface area contributed by atoms with Gasteiger partial charge >= 0.3 is 6.03 Å². The smallest absolute Gasteiger partial charge is 0.312 e. The number of amides is 3. The molecule has 0 aromatic heterocycles. The molecule has 5 nitrogen and oxygen atoms in total. The minimum atomic E-state index is -0.822. The van der Waals surface area contributed by atoms with E-state index in [2.05, 4.69) is 10.6 Å². The van der Waals surface area contributed by atoms with Gasteiger partial charge in [0.15, 0.2) is 0 Å². The van der Waals surface area contributed by atoms with E-state index < -0.39 is 23.8 Å². The number of rotatable bonds is 3. The van der Waals surface area contributed by atoms with Crippen LogP contribution in [0.5, 0.6) is 0 Å². The van der Waals surface area contributed by atoms with Gasteiger partial charge in [-0.25, -0.2) is 9.18 Å². The molecule has 86 valence electrons. The van der Waals surface area contributed by atoms with E-state index in [1.54, 1.807) is 6.07 Å². The average molecular weight is 225 g/mol. The highest BCUT2D eigenvalue weighted by Crippen LogP contribution is 2.12. The zero-order chi connectivity index (χ0) is 12.1. The Kier molecular flexibility index (Phi) is 3.82. The van der Waals surface area contributed by atoms with Crippen molar-refractivity contribution in [2.45, 2.75) is 13.0 Å². The highest BCUT2D eigenvalue weighted by atomic mass is 19.1. The third-order valence-corrected chi connectivity index (χ3v) is 1.88. The monoisotopic (exact) mass is 225 g/mol. The van der Waals surface area contributed by atoms with E-state index >= 15 is 0 Å². The molecule has 6 heteroatoms. The largest absolute Gasteiger partial charge is 0.352 e. The molecule has 3 amide bonds. The summed E-state index contributed by atoms with van der Waals surface area (Å²) >= 11 is 0. The lowest BCUT2D eigenvalue weighted by Gasteiger charge is -2.12. The van der Waals surface area contributed by atoms with Crippen LogP contribution in [0.25, 0.3) is 0 Å². The lowest BCUT2D eigenvalue weighted by molar-refractivity contribution is -0.117. The second kappa shape index (κ2) is 5.11. The van der Waals surface area contributed by atoms with Crippen LogP contribution in [0.3, 0.4) is 0 Å². The molecular formula is C10H12FN3O2. The van der Waals surface area contributed by atoms with Crippen molar-refractivity contribution in [3.8, 4) is 0 Å². The summed E-state index contributed by atoms with van der Waals surface area (Å²) in [6.07, 6.45) is 0. The van der Waals surface area contributed by atoms with Gasteiger partial charge in [-0.3, -0.25) is 4.79 Å². The maximum Gasteiger partial charge on any atom is 0.312 e. The molecular weight excluding hydrogens is 213 g/mol. The van der Waals surface area contributed by atoms with Gasteiger partial charge in [0.1, 0.15) is 11.9 Å². The number of carbonyl (C=O) groups excluding carboxylic acids is 2. The molecule has 0 aliphatic heterocycles. The van der Waals surface area contributed by atoms with Crippen LogP contribution in [0.1, 0.15) is 6.92 Å². The molecule has 1 aromatic carbocycles. The second-order valence-electron chi connectivity index (χ2n) is 3.20. The molecule has 0 saturated carbocycles. The minimum Gasteiger partial charge on any atom is -0.352 e. The summed E-state index contributed by atoms with van der Waals surface area (Å²) in [4.78, 5) is 21.9. The van der Waals surface area contributed by atoms with Crippen molar-refractivity contribution in [2.24, 2.45) is 5.73 Å². The summed E-state index contributed by atoms with van der Waals surface area (Å²) in [5.41, 5.74) is 4.91. The number of carbonyl (C=O) groups is 2. The Morgan fingerprint density at radius 3 is 2.56 bits per heavy atom. The molecule has 0 spiro atoms. The van der Waals surface area contributed by atoms with Crippen molar-refractivity contribution in [3.63, 3.8) is 0 Å². The quantitative estimate of drug-likeness (QED) is 0.711. The highest BCUT2D eigenvalue weighted by molar-refractivity contribution is 5.96. The zero-order valence-corrected chi connectivity index (χ0v) is 8.66. The summed E-state index contributed by atoms with van der Waals surface area (Å²) in [6.45, 7) is 1.45. The predicted molar refractivity (Wildman–Crippen MR) is 57.2 cm³/mol. The first kappa shape index (κ1) is 12.0. The van der Waals surface area contributed by atoms with Crippen LogP contribution in [0.15, 0.2) is 24.3 Å². The van der Waals surface area contributed by atoms with Crippen molar-refractivity contribution in [2.75, 3.05) is 5.32 Å². The average Bonchev–Trinajstić information content (AvgIpc) is 2.20. The maximum absolute atomic E-state index is 13.1. The molecule has 0 bridgehead atoms.